The van der Waals surface area contributed by atoms with Crippen molar-refractivity contribution < 1.29 is 0 Å². The highest BCUT2D eigenvalue weighted by molar-refractivity contribution is 7.80. The van der Waals surface area contributed by atoms with Crippen molar-refractivity contribution in [1.29, 1.82) is 0 Å². The van der Waals surface area contributed by atoms with E-state index in [0.29, 0.717) is 10.7 Å². The summed E-state index contributed by atoms with van der Waals surface area (Å²) in [6.45, 7) is 5.85. The van der Waals surface area contributed by atoms with Crippen molar-refractivity contribution in [3.05, 3.63) is 86.8 Å². The van der Waals surface area contributed by atoms with Crippen LogP contribution < -0.4 is 10.9 Å². The van der Waals surface area contributed by atoms with Crippen molar-refractivity contribution >= 4 is 40.3 Å². The van der Waals surface area contributed by atoms with Crippen LogP contribution in [0.5, 0.6) is 0 Å². The smallest absolute Gasteiger partial charge is 0.272 e. The summed E-state index contributed by atoms with van der Waals surface area (Å²) >= 11 is 11.7. The highest BCUT2D eigenvalue weighted by Crippen LogP contribution is 2.28. The van der Waals surface area contributed by atoms with E-state index in [1.54, 1.807) is 6.07 Å². The molecule has 174 valence electrons. The molecule has 5 rings (SSSR count). The average molecular weight is 492 g/mol. The molecule has 0 amide bonds. The molecule has 4 aromatic rings. The fourth-order valence-electron chi connectivity index (χ4n) is 4.40. The van der Waals surface area contributed by atoms with Crippen LogP contribution in [0.15, 0.2) is 59.4 Å². The van der Waals surface area contributed by atoms with E-state index in [1.165, 1.54) is 15.6 Å². The number of aromatic amines is 1. The van der Waals surface area contributed by atoms with E-state index in [9.17, 15) is 4.79 Å². The zero-order valence-corrected chi connectivity index (χ0v) is 20.7. The van der Waals surface area contributed by atoms with Crippen molar-refractivity contribution in [2.45, 2.75) is 32.6 Å². The van der Waals surface area contributed by atoms with E-state index >= 15 is 0 Å². The summed E-state index contributed by atoms with van der Waals surface area (Å²) in [4.78, 5) is 19.8. The molecule has 0 saturated carbocycles. The maximum absolute atomic E-state index is 12.8. The Kier molecular flexibility index (Phi) is 6.15. The van der Waals surface area contributed by atoms with Crippen LogP contribution in [0.3, 0.4) is 0 Å². The maximum atomic E-state index is 12.8. The second-order valence-corrected chi connectivity index (χ2v) is 9.70. The molecule has 2 aromatic carbocycles. The van der Waals surface area contributed by atoms with Gasteiger partial charge in [-0.05, 0) is 79.9 Å². The predicted octanol–water partition coefficient (Wildman–Crippen LogP) is 5.54. The molecule has 1 saturated heterocycles. The van der Waals surface area contributed by atoms with Gasteiger partial charge in [0.2, 0.25) is 0 Å². The molecule has 2 N–H and O–H groups in total. The number of halogens is 1. The Morgan fingerprint density at radius 2 is 1.79 bits per heavy atom. The number of hydrogen-bond acceptors (Lipinski definition) is 3. The van der Waals surface area contributed by atoms with E-state index in [-0.39, 0.29) is 11.5 Å². The summed E-state index contributed by atoms with van der Waals surface area (Å²) in [5, 5.41) is 7.93. The zero-order chi connectivity index (χ0) is 23.8. The number of likely N-dealkylation sites (tertiary alicyclic amines) is 1. The standard InChI is InChI=1S/C26H26ClN5OS/c1-16-3-8-21(13-17(16)2)28-26(34)31-11-9-19(10-12-31)22-15-25(33)32-24(29-22)14-23(30-32)18-4-6-20(27)7-5-18/h3-8,13-15,19,30H,9-12H2,1-2H3,(H,28,34). The first kappa shape index (κ1) is 22.6. The molecule has 34 heavy (non-hydrogen) atoms. The van der Waals surface area contributed by atoms with Crippen LogP contribution in [0.4, 0.5) is 5.69 Å². The number of H-pyrrole nitrogens is 1. The van der Waals surface area contributed by atoms with Crippen LogP contribution in [-0.2, 0) is 0 Å². The van der Waals surface area contributed by atoms with E-state index in [0.717, 1.165) is 53.7 Å². The first-order chi connectivity index (χ1) is 16.4. The number of rotatable bonds is 3. The Labute approximate surface area is 208 Å². The topological polar surface area (TPSA) is 65.4 Å². The first-order valence-electron chi connectivity index (χ1n) is 11.4. The molecular formula is C26H26ClN5OS. The van der Waals surface area contributed by atoms with Gasteiger partial charge in [0, 0.05) is 41.9 Å². The SMILES string of the molecule is Cc1ccc(NC(=S)N2CCC(c3cc(=O)n4[nH]c(-c5ccc(Cl)cc5)cc4n3)CC2)cc1C. The summed E-state index contributed by atoms with van der Waals surface area (Å²) in [5.74, 6) is 0.229. The van der Waals surface area contributed by atoms with Gasteiger partial charge >= 0.3 is 0 Å². The van der Waals surface area contributed by atoms with Gasteiger partial charge in [-0.3, -0.25) is 9.89 Å². The molecule has 0 aliphatic carbocycles. The molecule has 0 radical (unpaired) electrons. The normalized spacial score (nSPS) is 14.5. The molecule has 2 aromatic heterocycles. The van der Waals surface area contributed by atoms with Crippen LogP contribution >= 0.6 is 23.8 Å². The monoisotopic (exact) mass is 491 g/mol. The Balaban J connectivity index is 1.28. The van der Waals surface area contributed by atoms with Crippen LogP contribution in [0.1, 0.15) is 35.6 Å². The third-order valence-electron chi connectivity index (χ3n) is 6.58. The number of hydrogen-bond donors (Lipinski definition) is 2. The van der Waals surface area contributed by atoms with Gasteiger partial charge in [-0.25, -0.2) is 9.50 Å². The number of aryl methyl sites for hydroxylation is 2. The molecule has 0 unspecified atom stereocenters. The molecule has 6 nitrogen and oxygen atoms in total. The number of piperidine rings is 1. The number of anilines is 1. The average Bonchev–Trinajstić information content (AvgIpc) is 3.27. The van der Waals surface area contributed by atoms with Crippen molar-refractivity contribution in [2.75, 3.05) is 18.4 Å². The molecule has 0 atom stereocenters. The molecule has 1 aliphatic heterocycles. The minimum atomic E-state index is -0.102. The van der Waals surface area contributed by atoms with Gasteiger partial charge in [0.25, 0.3) is 5.56 Å². The van der Waals surface area contributed by atoms with Crippen molar-refractivity contribution in [2.24, 2.45) is 0 Å². The first-order valence-corrected chi connectivity index (χ1v) is 12.2. The third kappa shape index (κ3) is 4.58. The van der Waals surface area contributed by atoms with E-state index < -0.39 is 0 Å². The Bertz CT molecular complexity index is 1420. The van der Waals surface area contributed by atoms with Gasteiger partial charge < -0.3 is 10.2 Å². The Hall–Kier alpha value is -3.16. The second kappa shape index (κ2) is 9.24. The predicted molar refractivity (Wildman–Crippen MR) is 142 cm³/mol. The number of nitrogens with one attached hydrogen (secondary N) is 2. The summed E-state index contributed by atoms with van der Waals surface area (Å²) in [5.41, 5.74) is 6.67. The highest BCUT2D eigenvalue weighted by atomic mass is 35.5. The second-order valence-electron chi connectivity index (χ2n) is 8.88. The van der Waals surface area contributed by atoms with E-state index in [1.807, 2.05) is 30.3 Å². The van der Waals surface area contributed by atoms with Crippen LogP contribution in [0, 0.1) is 13.8 Å². The molecule has 1 fully saturated rings. The number of fused-ring (bicyclic) bond motifs is 1. The minimum absolute atomic E-state index is 0.102. The number of benzene rings is 2. The maximum Gasteiger partial charge on any atom is 0.272 e. The van der Waals surface area contributed by atoms with Crippen molar-refractivity contribution in [1.82, 2.24) is 19.5 Å². The largest absolute Gasteiger partial charge is 0.349 e. The zero-order valence-electron chi connectivity index (χ0n) is 19.1. The molecule has 0 bridgehead atoms. The summed E-state index contributed by atoms with van der Waals surface area (Å²) < 4.78 is 1.49. The van der Waals surface area contributed by atoms with E-state index in [2.05, 4.69) is 47.4 Å². The van der Waals surface area contributed by atoms with E-state index in [4.69, 9.17) is 28.8 Å². The van der Waals surface area contributed by atoms with Gasteiger partial charge in [-0.15, -0.1) is 0 Å². The Morgan fingerprint density at radius 3 is 2.50 bits per heavy atom. The Morgan fingerprint density at radius 1 is 1.06 bits per heavy atom. The lowest BCUT2D eigenvalue weighted by atomic mass is 9.93. The number of nitrogens with zero attached hydrogens (tertiary/aromatic N) is 3. The number of thiocarbonyl (C=S) groups is 1. The number of aromatic nitrogens is 3. The van der Waals surface area contributed by atoms with Gasteiger partial charge in [0.15, 0.2) is 10.8 Å². The molecule has 1 aliphatic rings. The lowest BCUT2D eigenvalue weighted by Crippen LogP contribution is -2.40. The van der Waals surface area contributed by atoms with Gasteiger partial charge in [-0.1, -0.05) is 29.8 Å². The molecule has 3 heterocycles. The van der Waals surface area contributed by atoms with Crippen LogP contribution in [-0.4, -0.2) is 37.7 Å². The van der Waals surface area contributed by atoms with Crippen LogP contribution in [0.25, 0.3) is 16.9 Å². The van der Waals surface area contributed by atoms with Crippen molar-refractivity contribution in [3.63, 3.8) is 0 Å². The molecule has 8 heteroatoms. The third-order valence-corrected chi connectivity index (χ3v) is 7.20. The lowest BCUT2D eigenvalue weighted by Gasteiger charge is -2.33. The van der Waals surface area contributed by atoms with Crippen molar-refractivity contribution in [3.8, 4) is 11.3 Å². The summed E-state index contributed by atoms with van der Waals surface area (Å²) in [6, 6.07) is 17.3. The molecule has 0 spiro atoms. The summed E-state index contributed by atoms with van der Waals surface area (Å²) in [7, 11) is 0. The summed E-state index contributed by atoms with van der Waals surface area (Å²) in [6.07, 6.45) is 1.79. The lowest BCUT2D eigenvalue weighted by molar-refractivity contribution is 0.314. The highest BCUT2D eigenvalue weighted by Gasteiger charge is 2.24. The molecular weight excluding hydrogens is 466 g/mol. The van der Waals surface area contributed by atoms with Gasteiger partial charge in [0.1, 0.15) is 0 Å². The fourth-order valence-corrected chi connectivity index (χ4v) is 4.82. The van der Waals surface area contributed by atoms with Gasteiger partial charge in [-0.2, -0.15) is 0 Å². The quantitative estimate of drug-likeness (QED) is 0.368. The minimum Gasteiger partial charge on any atom is -0.349 e. The van der Waals surface area contributed by atoms with Gasteiger partial charge in [0.05, 0.1) is 11.4 Å². The fraction of sp³-hybridized carbons (Fsp3) is 0.269. The van der Waals surface area contributed by atoms with Crippen LogP contribution in [0.2, 0.25) is 5.02 Å².